The quantitative estimate of drug-likeness (QED) is 0.431. The molecule has 2 N–H and O–H groups in total. The lowest BCUT2D eigenvalue weighted by Crippen LogP contribution is -2.42. The van der Waals surface area contributed by atoms with Gasteiger partial charge in [-0.3, -0.25) is 24.1 Å². The van der Waals surface area contributed by atoms with Crippen molar-refractivity contribution in [2.45, 2.75) is 55.2 Å². The number of fused-ring (bicyclic) bond motifs is 9. The first-order chi connectivity index (χ1) is 16.8. The monoisotopic (exact) mass is 512 g/mol. The van der Waals surface area contributed by atoms with E-state index in [9.17, 15) is 19.2 Å². The van der Waals surface area contributed by atoms with Gasteiger partial charge in [0.25, 0.3) is 0 Å². The van der Waals surface area contributed by atoms with Gasteiger partial charge < -0.3 is 10.1 Å². The van der Waals surface area contributed by atoms with E-state index in [1.54, 1.807) is 11.8 Å². The number of H-pyrrole nitrogens is 1. The summed E-state index contributed by atoms with van der Waals surface area (Å²) in [5.74, 6) is -0.867. The molecule has 7 nitrogen and oxygen atoms in total. The number of aromatic nitrogens is 1. The van der Waals surface area contributed by atoms with Gasteiger partial charge in [-0.1, -0.05) is 47.6 Å². The number of hydrogen-bond acceptors (Lipinski definition) is 6. The smallest absolute Gasteiger partial charge is 0.305 e. The van der Waals surface area contributed by atoms with E-state index in [0.717, 1.165) is 16.3 Å². The Morgan fingerprint density at radius 3 is 2.49 bits per heavy atom. The van der Waals surface area contributed by atoms with E-state index in [1.165, 1.54) is 27.4 Å². The van der Waals surface area contributed by atoms with Gasteiger partial charge in [0.05, 0.1) is 16.9 Å². The molecule has 35 heavy (non-hydrogen) atoms. The predicted molar refractivity (Wildman–Crippen MR) is 132 cm³/mol. The number of thioether (sulfide) groups is 1. The second-order valence-corrected chi connectivity index (χ2v) is 12.6. The third-order valence-electron chi connectivity index (χ3n) is 8.52. The summed E-state index contributed by atoms with van der Waals surface area (Å²) in [7, 11) is 0. The minimum atomic E-state index is -0.817. The molecule has 1 aromatic carbocycles. The molecular formula is C26H28N2O5S2. The maximum Gasteiger partial charge on any atom is 0.305 e. The van der Waals surface area contributed by atoms with Gasteiger partial charge in [-0.2, -0.15) is 0 Å². The Bertz CT molecular complexity index is 1250. The van der Waals surface area contributed by atoms with Crippen molar-refractivity contribution in [3.05, 3.63) is 49.9 Å². The van der Waals surface area contributed by atoms with E-state index < -0.39 is 5.97 Å². The van der Waals surface area contributed by atoms with Gasteiger partial charge in [0, 0.05) is 29.0 Å². The van der Waals surface area contributed by atoms with Crippen molar-refractivity contribution in [3.8, 4) is 0 Å². The highest BCUT2D eigenvalue weighted by atomic mass is 32.2. The lowest BCUT2D eigenvalue weighted by Gasteiger charge is -2.43. The van der Waals surface area contributed by atoms with Crippen LogP contribution in [-0.4, -0.2) is 44.6 Å². The van der Waals surface area contributed by atoms with Crippen molar-refractivity contribution >= 4 is 40.9 Å². The highest BCUT2D eigenvalue weighted by molar-refractivity contribution is 8.00. The minimum Gasteiger partial charge on any atom is -0.481 e. The summed E-state index contributed by atoms with van der Waals surface area (Å²) in [5, 5.41) is 9.97. The third-order valence-corrected chi connectivity index (χ3v) is 11.1. The van der Waals surface area contributed by atoms with Crippen molar-refractivity contribution in [3.63, 3.8) is 0 Å². The van der Waals surface area contributed by atoms with Crippen LogP contribution in [0.4, 0.5) is 0 Å². The Morgan fingerprint density at radius 2 is 1.77 bits per heavy atom. The molecule has 184 valence electrons. The van der Waals surface area contributed by atoms with Crippen molar-refractivity contribution in [2.75, 3.05) is 6.54 Å². The maximum atomic E-state index is 13.5. The van der Waals surface area contributed by atoms with Crippen LogP contribution >= 0.6 is 23.1 Å². The first-order valence-electron chi connectivity index (χ1n) is 12.4. The molecule has 2 amide bonds. The number of likely N-dealkylation sites (tertiary alicyclic amines) is 1. The number of carbonyl (C=O) groups excluding carboxylic acids is 2. The average Bonchev–Trinajstić information content (AvgIpc) is 3.54. The number of thiazole rings is 1. The molecule has 2 saturated carbocycles. The number of unbranched alkanes of at least 4 members (excludes halogenated alkanes) is 2. The average molecular weight is 513 g/mol. The minimum absolute atomic E-state index is 0.0371. The molecule has 6 rings (SSSR count). The molecule has 0 unspecified atom stereocenters. The second-order valence-electron chi connectivity index (χ2n) is 10.4. The summed E-state index contributed by atoms with van der Waals surface area (Å²) in [4.78, 5) is 55.5. The number of nitrogens with zero attached hydrogens (tertiary/aromatic N) is 1. The zero-order valence-electron chi connectivity index (χ0n) is 19.4. The lowest BCUT2D eigenvalue weighted by molar-refractivity contribution is -0.141. The van der Waals surface area contributed by atoms with E-state index in [1.807, 2.05) is 0 Å². The van der Waals surface area contributed by atoms with E-state index >= 15 is 0 Å². The van der Waals surface area contributed by atoms with Crippen LogP contribution in [0.1, 0.15) is 54.0 Å². The Morgan fingerprint density at radius 1 is 1.06 bits per heavy atom. The van der Waals surface area contributed by atoms with Crippen LogP contribution in [0.15, 0.2) is 34.1 Å². The van der Waals surface area contributed by atoms with Gasteiger partial charge >= 0.3 is 10.8 Å². The van der Waals surface area contributed by atoms with Crippen molar-refractivity contribution in [1.29, 1.82) is 0 Å². The number of carbonyl (C=O) groups is 3. The molecule has 2 aromatic rings. The standard InChI is InChI=1S/C26H28N2O5S2/c1-12-6-8-13(9-7-12)17-18-14-11-15(21(18)34-23-22(17)35-26(33)27-23)20-19(14)24(31)28(25(20)32)10-4-2-3-5-16(29)30/h6-9,14-15,17-21H,2-5,10-11H2,1H3,(H,27,33)(H,29,30)/t14-,15+,17+,18-,19+,20+,21-/m1/s1. The van der Waals surface area contributed by atoms with Crippen LogP contribution in [-0.2, 0) is 14.4 Å². The van der Waals surface area contributed by atoms with E-state index in [4.69, 9.17) is 5.11 Å². The summed E-state index contributed by atoms with van der Waals surface area (Å²) in [6.07, 6.45) is 2.90. The number of aliphatic carboxylic acids is 1. The van der Waals surface area contributed by atoms with Crippen LogP contribution in [0.2, 0.25) is 0 Å². The number of carboxylic acids is 1. The first-order valence-corrected chi connectivity index (χ1v) is 14.1. The SMILES string of the molecule is Cc1ccc([C@@H]2c3sc(=O)[nH]c3S[C@@H]3[C@H]4C[C@@H]([C@@H]5C(=O)N(CCCCCC(=O)O)C(=O)[C@@H]45)[C@H]23)cc1. The Labute approximate surface area is 211 Å². The topological polar surface area (TPSA) is 108 Å². The number of benzene rings is 1. The van der Waals surface area contributed by atoms with Gasteiger partial charge in [-0.25, -0.2) is 0 Å². The van der Waals surface area contributed by atoms with Gasteiger partial charge in [0.15, 0.2) is 0 Å². The van der Waals surface area contributed by atoms with Crippen LogP contribution < -0.4 is 4.87 Å². The summed E-state index contributed by atoms with van der Waals surface area (Å²) < 4.78 is 0. The number of aromatic amines is 1. The Kier molecular flexibility index (Phi) is 5.67. The molecule has 0 radical (unpaired) electrons. The molecule has 1 saturated heterocycles. The summed E-state index contributed by atoms with van der Waals surface area (Å²) in [5.41, 5.74) is 2.36. The number of nitrogens with one attached hydrogen (secondary N) is 1. The number of aryl methyl sites for hydroxylation is 1. The molecule has 0 spiro atoms. The van der Waals surface area contributed by atoms with E-state index in [0.29, 0.717) is 25.8 Å². The Hall–Kier alpha value is -2.39. The summed E-state index contributed by atoms with van der Waals surface area (Å²) in [6, 6.07) is 8.51. The zero-order chi connectivity index (χ0) is 24.4. The van der Waals surface area contributed by atoms with E-state index in [-0.39, 0.29) is 63.9 Å². The molecule has 7 atom stereocenters. The Balaban J connectivity index is 1.28. The van der Waals surface area contributed by atoms with Crippen LogP contribution in [0, 0.1) is 36.5 Å². The van der Waals surface area contributed by atoms with Gasteiger partial charge in [0.2, 0.25) is 11.8 Å². The van der Waals surface area contributed by atoms with Crippen molar-refractivity contribution in [2.24, 2.45) is 29.6 Å². The molecular weight excluding hydrogens is 484 g/mol. The van der Waals surface area contributed by atoms with Gasteiger partial charge in [-0.05, 0) is 49.5 Å². The fourth-order valence-electron chi connectivity index (χ4n) is 7.17. The van der Waals surface area contributed by atoms with Crippen LogP contribution in [0.5, 0.6) is 0 Å². The molecule has 1 aromatic heterocycles. The fraction of sp³-hybridized carbons (Fsp3) is 0.538. The second kappa shape index (κ2) is 8.62. The van der Waals surface area contributed by atoms with E-state index in [2.05, 4.69) is 36.2 Å². The van der Waals surface area contributed by atoms with Crippen molar-refractivity contribution in [1.82, 2.24) is 9.88 Å². The predicted octanol–water partition coefficient (Wildman–Crippen LogP) is 3.86. The zero-order valence-corrected chi connectivity index (χ0v) is 21.1. The molecule has 2 aliphatic heterocycles. The molecule has 3 fully saturated rings. The molecule has 9 heteroatoms. The number of imide groups is 1. The molecule has 2 bridgehead atoms. The largest absolute Gasteiger partial charge is 0.481 e. The van der Waals surface area contributed by atoms with Gasteiger partial charge in [-0.15, -0.1) is 11.8 Å². The first kappa shape index (κ1) is 23.0. The molecule has 2 aliphatic carbocycles. The summed E-state index contributed by atoms with van der Waals surface area (Å²) in [6.45, 7) is 2.44. The highest BCUT2D eigenvalue weighted by Gasteiger charge is 2.69. The third kappa shape index (κ3) is 3.61. The molecule has 4 aliphatic rings. The van der Waals surface area contributed by atoms with Gasteiger partial charge in [0.1, 0.15) is 0 Å². The normalized spacial score (nSPS) is 32.6. The number of rotatable bonds is 7. The number of hydrogen-bond donors (Lipinski definition) is 2. The maximum absolute atomic E-state index is 13.5. The molecule has 3 heterocycles. The highest BCUT2D eigenvalue weighted by Crippen LogP contribution is 2.68. The summed E-state index contributed by atoms with van der Waals surface area (Å²) >= 11 is 2.99. The van der Waals surface area contributed by atoms with Crippen molar-refractivity contribution < 1.29 is 19.5 Å². The van der Waals surface area contributed by atoms with Crippen LogP contribution in [0.3, 0.4) is 0 Å². The fourth-order valence-corrected chi connectivity index (χ4v) is 10.1. The number of carboxylic acid groups (broad SMARTS) is 1. The van der Waals surface area contributed by atoms with Crippen LogP contribution in [0.25, 0.3) is 0 Å². The lowest BCUT2D eigenvalue weighted by atomic mass is 9.68. The number of amides is 2.